The van der Waals surface area contributed by atoms with Gasteiger partial charge in [-0.15, -0.1) is 0 Å². The number of aliphatic hydroxyl groups excluding tert-OH is 6. The Labute approximate surface area is 261 Å². The van der Waals surface area contributed by atoms with Gasteiger partial charge in [0.2, 0.25) is 6.29 Å². The maximum Gasteiger partial charge on any atom is 0.202 e. The van der Waals surface area contributed by atoms with Crippen molar-refractivity contribution in [3.63, 3.8) is 0 Å². The van der Waals surface area contributed by atoms with E-state index in [4.69, 9.17) is 57.1 Å². The summed E-state index contributed by atoms with van der Waals surface area (Å²) in [5.74, 6) is 0.268. The fourth-order valence-corrected chi connectivity index (χ4v) is 7.12. The smallest absolute Gasteiger partial charge is 0.202 e. The molecule has 260 valence electrons. The Bertz CT molecular complexity index is 994. The van der Waals surface area contributed by atoms with Gasteiger partial charge in [-0.3, -0.25) is 0 Å². The van der Waals surface area contributed by atoms with Gasteiger partial charge in [0.15, 0.2) is 12.6 Å². The van der Waals surface area contributed by atoms with Gasteiger partial charge in [-0.2, -0.15) is 0 Å². The van der Waals surface area contributed by atoms with E-state index < -0.39 is 104 Å². The van der Waals surface area contributed by atoms with Crippen LogP contribution in [0.2, 0.25) is 0 Å². The lowest BCUT2D eigenvalue weighted by Crippen LogP contribution is -2.68. The van der Waals surface area contributed by atoms with E-state index in [2.05, 4.69) is 0 Å². The van der Waals surface area contributed by atoms with E-state index in [1.54, 1.807) is 0 Å². The summed E-state index contributed by atoms with van der Waals surface area (Å²) in [4.78, 5) is 0. The molecular formula is C28H51N5O12. The van der Waals surface area contributed by atoms with E-state index in [1.807, 2.05) is 0 Å². The zero-order chi connectivity index (χ0) is 32.6. The molecule has 5 aliphatic rings. The molecule has 16 N–H and O–H groups in total. The third kappa shape index (κ3) is 7.43. The maximum absolute atomic E-state index is 11.5. The zero-order valence-electron chi connectivity index (χ0n) is 25.1. The first-order valence-electron chi connectivity index (χ1n) is 15.8. The largest absolute Gasteiger partial charge is 0.465 e. The predicted molar refractivity (Wildman–Crippen MR) is 154 cm³/mol. The third-order valence-electron chi connectivity index (χ3n) is 9.79. The van der Waals surface area contributed by atoms with Crippen LogP contribution in [0.1, 0.15) is 44.9 Å². The molecule has 0 aromatic rings. The average Bonchev–Trinajstić information content (AvgIpc) is 3.63. The molecule has 17 nitrogen and oxygen atoms in total. The van der Waals surface area contributed by atoms with Crippen molar-refractivity contribution in [2.75, 3.05) is 6.54 Å². The first-order chi connectivity index (χ1) is 21.4. The Balaban J connectivity index is 1.34. The monoisotopic (exact) mass is 649 g/mol. The van der Waals surface area contributed by atoms with Crippen LogP contribution in [0.15, 0.2) is 12.0 Å². The normalized spacial score (nSPS) is 50.6. The van der Waals surface area contributed by atoms with Gasteiger partial charge >= 0.3 is 0 Å². The minimum Gasteiger partial charge on any atom is -0.465 e. The van der Waals surface area contributed by atoms with Gasteiger partial charge in [-0.25, -0.2) is 0 Å². The second-order valence-corrected chi connectivity index (χ2v) is 13.0. The van der Waals surface area contributed by atoms with Crippen molar-refractivity contribution >= 4 is 0 Å². The first-order valence-corrected chi connectivity index (χ1v) is 15.8. The molecule has 3 saturated heterocycles. The number of hydrogen-bond donors (Lipinski definition) is 11. The van der Waals surface area contributed by atoms with Crippen LogP contribution in [0.5, 0.6) is 0 Å². The van der Waals surface area contributed by atoms with Gasteiger partial charge in [0.05, 0.1) is 24.4 Å². The predicted octanol–water partition coefficient (Wildman–Crippen LogP) is -4.77. The highest BCUT2D eigenvalue weighted by atomic mass is 16.8. The Morgan fingerprint density at radius 2 is 1.40 bits per heavy atom. The van der Waals surface area contributed by atoms with E-state index in [0.717, 1.165) is 31.9 Å². The molecule has 2 saturated carbocycles. The molecule has 0 bridgehead atoms. The quantitative estimate of drug-likeness (QED) is 0.112. The summed E-state index contributed by atoms with van der Waals surface area (Å²) in [7, 11) is 0. The SMILES string of the molecule is N/C=C1/OC(OC2C(CC3CCCC3)OC(OC3C(O)C(N)CC(N)C3OC3OC(CN)C(O)C(O)C3N)C2O)CC(O)C1O. The summed E-state index contributed by atoms with van der Waals surface area (Å²) in [5, 5.41) is 63.9. The number of hydrogen-bond acceptors (Lipinski definition) is 17. The minimum absolute atomic E-state index is 0.0572. The number of aliphatic hydroxyl groups is 6. The first kappa shape index (κ1) is 35.1. The van der Waals surface area contributed by atoms with Gasteiger partial charge in [-0.1, -0.05) is 25.7 Å². The van der Waals surface area contributed by atoms with E-state index in [1.165, 1.54) is 0 Å². The van der Waals surface area contributed by atoms with Gasteiger partial charge in [0, 0.05) is 31.2 Å². The van der Waals surface area contributed by atoms with Crippen molar-refractivity contribution in [2.45, 2.75) is 149 Å². The summed E-state index contributed by atoms with van der Waals surface area (Å²) < 4.78 is 36.1. The highest BCUT2D eigenvalue weighted by Crippen LogP contribution is 2.39. The van der Waals surface area contributed by atoms with Gasteiger partial charge in [0.25, 0.3) is 0 Å². The van der Waals surface area contributed by atoms with Crippen molar-refractivity contribution in [2.24, 2.45) is 34.6 Å². The molecule has 5 fully saturated rings. The highest BCUT2D eigenvalue weighted by Gasteiger charge is 2.53. The number of nitrogens with two attached hydrogens (primary N) is 5. The summed E-state index contributed by atoms with van der Waals surface area (Å²) in [6.45, 7) is -0.121. The van der Waals surface area contributed by atoms with Crippen molar-refractivity contribution in [3.8, 4) is 0 Å². The second-order valence-electron chi connectivity index (χ2n) is 13.0. The topological polar surface area (TPSA) is 307 Å². The van der Waals surface area contributed by atoms with Crippen molar-refractivity contribution in [1.82, 2.24) is 0 Å². The molecule has 17 unspecified atom stereocenters. The van der Waals surface area contributed by atoms with E-state index in [-0.39, 0.29) is 25.1 Å². The van der Waals surface area contributed by atoms with Gasteiger partial charge < -0.3 is 87.7 Å². The molecule has 0 aromatic heterocycles. The fraction of sp³-hybridized carbons (Fsp3) is 0.929. The lowest BCUT2D eigenvalue weighted by Gasteiger charge is -2.47. The second kappa shape index (κ2) is 14.9. The Hall–Kier alpha value is -1.26. The van der Waals surface area contributed by atoms with E-state index in [9.17, 15) is 30.6 Å². The van der Waals surface area contributed by atoms with Crippen LogP contribution in [-0.2, 0) is 28.4 Å². The highest BCUT2D eigenvalue weighted by molar-refractivity contribution is 5.05. The molecule has 17 atom stereocenters. The van der Waals surface area contributed by atoms with Crippen LogP contribution in [0.25, 0.3) is 0 Å². The van der Waals surface area contributed by atoms with Crippen LogP contribution < -0.4 is 28.7 Å². The van der Waals surface area contributed by atoms with E-state index >= 15 is 0 Å². The Morgan fingerprint density at radius 3 is 2.07 bits per heavy atom. The molecule has 3 aliphatic heterocycles. The molecule has 3 heterocycles. The van der Waals surface area contributed by atoms with Crippen LogP contribution >= 0.6 is 0 Å². The Kier molecular flexibility index (Phi) is 11.6. The summed E-state index contributed by atoms with van der Waals surface area (Å²) in [5.41, 5.74) is 30.0. The molecular weight excluding hydrogens is 598 g/mol. The standard InChI is InChI=1S/C28H51N5O12/c29-8-15-20(36)13(34)7-17(40-15)43-25-14(5-10-3-1-2-4-10)41-28(23(25)39)45-26-19(35)11(31)6-12(32)24(26)44-27-18(33)22(38)21(37)16(9-30)42-27/h8,10-14,16-28,34-39H,1-7,9,29-33H2/b15-8+. The van der Waals surface area contributed by atoms with E-state index in [0.29, 0.717) is 12.3 Å². The van der Waals surface area contributed by atoms with Gasteiger partial charge in [0.1, 0.15) is 54.6 Å². The summed E-state index contributed by atoms with van der Waals surface area (Å²) >= 11 is 0. The summed E-state index contributed by atoms with van der Waals surface area (Å²) in [6.07, 6.45) is -10.7. The molecule has 2 aliphatic carbocycles. The number of ether oxygens (including phenoxy) is 6. The third-order valence-corrected chi connectivity index (χ3v) is 9.79. The molecule has 0 radical (unpaired) electrons. The Morgan fingerprint density at radius 1 is 0.733 bits per heavy atom. The van der Waals surface area contributed by atoms with Crippen molar-refractivity contribution in [1.29, 1.82) is 0 Å². The van der Waals surface area contributed by atoms with Crippen molar-refractivity contribution in [3.05, 3.63) is 12.0 Å². The number of rotatable bonds is 9. The molecule has 0 spiro atoms. The molecule has 17 heteroatoms. The minimum atomic E-state index is -1.41. The van der Waals surface area contributed by atoms with Crippen LogP contribution in [-0.4, -0.2) is 141 Å². The maximum atomic E-state index is 11.5. The zero-order valence-corrected chi connectivity index (χ0v) is 25.1. The summed E-state index contributed by atoms with van der Waals surface area (Å²) in [6, 6.07) is -2.77. The molecule has 5 rings (SSSR count). The fourth-order valence-electron chi connectivity index (χ4n) is 7.12. The van der Waals surface area contributed by atoms with Crippen molar-refractivity contribution < 1.29 is 59.1 Å². The lowest BCUT2D eigenvalue weighted by atomic mass is 9.84. The van der Waals surface area contributed by atoms with Crippen LogP contribution in [0.4, 0.5) is 0 Å². The molecule has 0 aromatic carbocycles. The molecule has 0 amide bonds. The van der Waals surface area contributed by atoms with Crippen LogP contribution in [0.3, 0.4) is 0 Å². The average molecular weight is 650 g/mol. The van der Waals surface area contributed by atoms with Crippen LogP contribution in [0, 0.1) is 5.92 Å². The van der Waals surface area contributed by atoms with Gasteiger partial charge in [-0.05, 0) is 18.8 Å². The lowest BCUT2D eigenvalue weighted by molar-refractivity contribution is -0.306. The molecule has 45 heavy (non-hydrogen) atoms.